The van der Waals surface area contributed by atoms with Crippen LogP contribution in [0.2, 0.25) is 0 Å². The van der Waals surface area contributed by atoms with E-state index in [0.717, 1.165) is 32.4 Å². The maximum atomic E-state index is 11.9. The van der Waals surface area contributed by atoms with Crippen LogP contribution in [0.3, 0.4) is 0 Å². The van der Waals surface area contributed by atoms with Gasteiger partial charge in [0.1, 0.15) is 5.92 Å². The highest BCUT2D eigenvalue weighted by atomic mass is 16.2. The molecule has 0 spiro atoms. The molecule has 0 N–H and O–H groups in total. The van der Waals surface area contributed by atoms with Crippen LogP contribution in [0, 0.1) is 23.2 Å². The summed E-state index contributed by atoms with van der Waals surface area (Å²) in [5.41, 5.74) is 1.37. The predicted octanol–water partition coefficient (Wildman–Crippen LogP) is 2.63. The van der Waals surface area contributed by atoms with Gasteiger partial charge < -0.3 is 4.90 Å². The highest BCUT2D eigenvalue weighted by molar-refractivity contribution is 5.80. The van der Waals surface area contributed by atoms with Crippen LogP contribution in [0.15, 0.2) is 30.3 Å². The molecule has 1 aromatic carbocycles. The average molecular weight is 256 g/mol. The molecule has 1 saturated heterocycles. The zero-order chi connectivity index (χ0) is 13.7. The fourth-order valence-corrected chi connectivity index (χ4v) is 2.63. The number of nitriles is 1. The van der Waals surface area contributed by atoms with Crippen LogP contribution in [-0.4, -0.2) is 23.9 Å². The van der Waals surface area contributed by atoms with E-state index >= 15 is 0 Å². The Morgan fingerprint density at radius 3 is 2.58 bits per heavy atom. The third-order valence-electron chi connectivity index (χ3n) is 3.86. The molecule has 1 aliphatic rings. The molecular weight excluding hydrogens is 236 g/mol. The van der Waals surface area contributed by atoms with Crippen molar-refractivity contribution >= 4 is 5.91 Å². The Labute approximate surface area is 114 Å². The largest absolute Gasteiger partial charge is 0.342 e. The zero-order valence-electron chi connectivity index (χ0n) is 11.4. The summed E-state index contributed by atoms with van der Waals surface area (Å²) in [6.07, 6.45) is 3.17. The summed E-state index contributed by atoms with van der Waals surface area (Å²) >= 11 is 0. The van der Waals surface area contributed by atoms with Gasteiger partial charge in [0.25, 0.3) is 0 Å². The van der Waals surface area contributed by atoms with Gasteiger partial charge >= 0.3 is 0 Å². The number of carbonyl (C=O) groups is 1. The standard InChI is InChI=1S/C16H20N2O/c1-13(12-17)16(19)18-9-7-15(8-10-18)11-14-5-3-2-4-6-14/h2-6,13,15H,7-11H2,1H3. The normalized spacial score (nSPS) is 17.8. The number of nitrogens with zero attached hydrogens (tertiary/aromatic N) is 2. The van der Waals surface area contributed by atoms with Crippen molar-refractivity contribution in [3.05, 3.63) is 35.9 Å². The van der Waals surface area contributed by atoms with E-state index in [2.05, 4.69) is 24.3 Å². The molecule has 1 amide bonds. The summed E-state index contributed by atoms with van der Waals surface area (Å²) in [4.78, 5) is 13.7. The molecule has 0 aliphatic carbocycles. The quantitative estimate of drug-likeness (QED) is 0.834. The van der Waals surface area contributed by atoms with Crippen LogP contribution >= 0.6 is 0 Å². The van der Waals surface area contributed by atoms with E-state index in [4.69, 9.17) is 5.26 Å². The Morgan fingerprint density at radius 2 is 2.00 bits per heavy atom. The Kier molecular flexibility index (Phi) is 4.57. The van der Waals surface area contributed by atoms with E-state index in [1.54, 1.807) is 6.92 Å². The molecule has 2 rings (SSSR count). The van der Waals surface area contributed by atoms with Gasteiger partial charge in [-0.1, -0.05) is 30.3 Å². The van der Waals surface area contributed by atoms with E-state index in [-0.39, 0.29) is 5.91 Å². The van der Waals surface area contributed by atoms with Crippen LogP contribution in [0.25, 0.3) is 0 Å². The fraction of sp³-hybridized carbons (Fsp3) is 0.500. The lowest BCUT2D eigenvalue weighted by molar-refractivity contribution is -0.134. The summed E-state index contributed by atoms with van der Waals surface area (Å²) in [7, 11) is 0. The number of benzene rings is 1. The number of carbonyl (C=O) groups excluding carboxylic acids is 1. The highest BCUT2D eigenvalue weighted by Crippen LogP contribution is 2.22. The minimum absolute atomic E-state index is 0.0133. The lowest BCUT2D eigenvalue weighted by atomic mass is 9.90. The molecule has 1 atom stereocenters. The molecule has 1 heterocycles. The van der Waals surface area contributed by atoms with Crippen molar-refractivity contribution < 1.29 is 4.79 Å². The van der Waals surface area contributed by atoms with Crippen molar-refractivity contribution in [2.75, 3.05) is 13.1 Å². The Hall–Kier alpha value is -1.82. The van der Waals surface area contributed by atoms with E-state index in [0.29, 0.717) is 5.92 Å². The van der Waals surface area contributed by atoms with Crippen molar-refractivity contribution in [3.8, 4) is 6.07 Å². The molecule has 100 valence electrons. The molecule has 0 radical (unpaired) electrons. The Morgan fingerprint density at radius 1 is 1.37 bits per heavy atom. The van der Waals surface area contributed by atoms with E-state index in [1.807, 2.05) is 17.0 Å². The second-order valence-electron chi connectivity index (χ2n) is 5.31. The molecule has 3 heteroatoms. The maximum Gasteiger partial charge on any atom is 0.239 e. The first-order chi connectivity index (χ1) is 9.20. The molecular formula is C16H20N2O. The van der Waals surface area contributed by atoms with Gasteiger partial charge in [-0.2, -0.15) is 5.26 Å². The molecule has 19 heavy (non-hydrogen) atoms. The van der Waals surface area contributed by atoms with Crippen LogP contribution in [0.1, 0.15) is 25.3 Å². The zero-order valence-corrected chi connectivity index (χ0v) is 11.4. The molecule has 1 fully saturated rings. The molecule has 1 aromatic rings. The first kappa shape index (κ1) is 13.6. The van der Waals surface area contributed by atoms with Crippen LogP contribution in [0.5, 0.6) is 0 Å². The highest BCUT2D eigenvalue weighted by Gasteiger charge is 2.25. The SMILES string of the molecule is CC(C#N)C(=O)N1CCC(Cc2ccccc2)CC1. The number of piperidine rings is 1. The molecule has 0 saturated carbocycles. The molecule has 1 aliphatic heterocycles. The summed E-state index contributed by atoms with van der Waals surface area (Å²) < 4.78 is 0. The summed E-state index contributed by atoms with van der Waals surface area (Å²) in [6.45, 7) is 3.27. The first-order valence-corrected chi connectivity index (χ1v) is 6.93. The second kappa shape index (κ2) is 6.38. The van der Waals surface area contributed by atoms with Gasteiger partial charge in [0, 0.05) is 13.1 Å². The number of hydrogen-bond acceptors (Lipinski definition) is 2. The van der Waals surface area contributed by atoms with Crippen molar-refractivity contribution in [1.29, 1.82) is 5.26 Å². The number of likely N-dealkylation sites (tertiary alicyclic amines) is 1. The first-order valence-electron chi connectivity index (χ1n) is 6.93. The number of rotatable bonds is 3. The molecule has 1 unspecified atom stereocenters. The lowest BCUT2D eigenvalue weighted by Gasteiger charge is -2.32. The molecule has 0 aromatic heterocycles. The van der Waals surface area contributed by atoms with Crippen molar-refractivity contribution in [3.63, 3.8) is 0 Å². The predicted molar refractivity (Wildman–Crippen MR) is 74.2 cm³/mol. The summed E-state index contributed by atoms with van der Waals surface area (Å²) in [5.74, 6) is 0.134. The third-order valence-corrected chi connectivity index (χ3v) is 3.86. The number of amides is 1. The van der Waals surface area contributed by atoms with Gasteiger partial charge in [0.05, 0.1) is 6.07 Å². The lowest BCUT2D eigenvalue weighted by Crippen LogP contribution is -2.41. The van der Waals surface area contributed by atoms with Gasteiger partial charge in [0.2, 0.25) is 5.91 Å². The van der Waals surface area contributed by atoms with Gasteiger partial charge in [-0.3, -0.25) is 4.79 Å². The van der Waals surface area contributed by atoms with E-state index < -0.39 is 5.92 Å². The van der Waals surface area contributed by atoms with E-state index in [9.17, 15) is 4.79 Å². The topological polar surface area (TPSA) is 44.1 Å². The summed E-state index contributed by atoms with van der Waals surface area (Å²) in [5, 5.41) is 8.79. The van der Waals surface area contributed by atoms with Gasteiger partial charge in [-0.25, -0.2) is 0 Å². The average Bonchev–Trinajstić information content (AvgIpc) is 2.47. The molecule has 0 bridgehead atoms. The van der Waals surface area contributed by atoms with Crippen molar-refractivity contribution in [1.82, 2.24) is 4.90 Å². The minimum atomic E-state index is -0.509. The van der Waals surface area contributed by atoms with Gasteiger partial charge in [0.15, 0.2) is 0 Å². The van der Waals surface area contributed by atoms with Gasteiger partial charge in [-0.15, -0.1) is 0 Å². The van der Waals surface area contributed by atoms with Crippen LogP contribution < -0.4 is 0 Å². The van der Waals surface area contributed by atoms with Gasteiger partial charge in [-0.05, 0) is 37.7 Å². The minimum Gasteiger partial charge on any atom is -0.342 e. The second-order valence-corrected chi connectivity index (χ2v) is 5.31. The summed E-state index contributed by atoms with van der Waals surface area (Å²) in [6, 6.07) is 12.5. The maximum absolute atomic E-state index is 11.9. The number of hydrogen-bond donors (Lipinski definition) is 0. The monoisotopic (exact) mass is 256 g/mol. The Bertz CT molecular complexity index is 455. The Balaban J connectivity index is 1.83. The smallest absolute Gasteiger partial charge is 0.239 e. The van der Waals surface area contributed by atoms with Crippen LogP contribution in [-0.2, 0) is 11.2 Å². The van der Waals surface area contributed by atoms with E-state index in [1.165, 1.54) is 5.56 Å². The van der Waals surface area contributed by atoms with Crippen molar-refractivity contribution in [2.45, 2.75) is 26.2 Å². The third kappa shape index (κ3) is 3.57. The fourth-order valence-electron chi connectivity index (χ4n) is 2.63. The van der Waals surface area contributed by atoms with Crippen LogP contribution in [0.4, 0.5) is 0 Å². The van der Waals surface area contributed by atoms with Crippen molar-refractivity contribution in [2.24, 2.45) is 11.8 Å². The molecule has 3 nitrogen and oxygen atoms in total.